The van der Waals surface area contributed by atoms with Crippen LogP contribution in [0.4, 0.5) is 11.9 Å². The number of rotatable bonds is 3. The first-order valence-electron chi connectivity index (χ1n) is 7.90. The fourth-order valence-corrected chi connectivity index (χ4v) is 3.49. The molecule has 2 fully saturated rings. The Kier molecular flexibility index (Phi) is 3.01. The molecule has 1 aromatic rings. The zero-order valence-electron chi connectivity index (χ0n) is 12.0. The number of aromatic nitrogens is 3. The van der Waals surface area contributed by atoms with Crippen LogP contribution in [-0.4, -0.2) is 45.5 Å². The second-order valence-corrected chi connectivity index (χ2v) is 6.40. The first-order chi connectivity index (χ1) is 10.2. The minimum absolute atomic E-state index is 0.212. The molecule has 1 saturated carbocycles. The lowest BCUT2D eigenvalue weighted by Gasteiger charge is -2.29. The second kappa shape index (κ2) is 4.89. The normalized spacial score (nSPS) is 26.3. The number of piperidine rings is 1. The van der Waals surface area contributed by atoms with Crippen molar-refractivity contribution in [2.75, 3.05) is 29.9 Å². The van der Waals surface area contributed by atoms with Crippen LogP contribution in [0.3, 0.4) is 0 Å². The van der Waals surface area contributed by atoms with Crippen molar-refractivity contribution < 1.29 is 9.90 Å². The molecule has 0 radical (unpaired) electrons. The molecule has 21 heavy (non-hydrogen) atoms. The maximum absolute atomic E-state index is 11.0. The van der Waals surface area contributed by atoms with Gasteiger partial charge in [-0.3, -0.25) is 4.79 Å². The van der Waals surface area contributed by atoms with Crippen molar-refractivity contribution >= 4 is 17.9 Å². The Morgan fingerprint density at radius 3 is 2.62 bits per heavy atom. The fraction of sp³-hybridized carbons (Fsp3) is 0.786. The summed E-state index contributed by atoms with van der Waals surface area (Å²) < 4.78 is 2.07. The monoisotopic (exact) mass is 291 g/mol. The quantitative estimate of drug-likeness (QED) is 0.874. The molecule has 114 valence electrons. The van der Waals surface area contributed by atoms with Crippen LogP contribution in [0.1, 0.15) is 38.1 Å². The molecule has 1 saturated heterocycles. The SMILES string of the molecule is O=C(O)C1CCN(c2nc3n(n2)C(C2CC2)CCN3)CC1. The number of hydrogen-bond donors (Lipinski definition) is 2. The minimum atomic E-state index is -0.679. The Balaban J connectivity index is 1.50. The summed E-state index contributed by atoms with van der Waals surface area (Å²) in [5.41, 5.74) is 0. The largest absolute Gasteiger partial charge is 0.481 e. The molecule has 3 heterocycles. The molecule has 0 amide bonds. The number of aliphatic carboxylic acids is 1. The molecule has 0 spiro atoms. The molecule has 1 aliphatic carbocycles. The lowest BCUT2D eigenvalue weighted by atomic mass is 9.97. The topological polar surface area (TPSA) is 83.3 Å². The van der Waals surface area contributed by atoms with Gasteiger partial charge in [0.25, 0.3) is 0 Å². The average molecular weight is 291 g/mol. The summed E-state index contributed by atoms with van der Waals surface area (Å²) in [6.07, 6.45) is 5.10. The van der Waals surface area contributed by atoms with Crippen molar-refractivity contribution in [3.05, 3.63) is 0 Å². The van der Waals surface area contributed by atoms with E-state index in [1.165, 1.54) is 12.8 Å². The van der Waals surface area contributed by atoms with Gasteiger partial charge in [-0.05, 0) is 38.0 Å². The van der Waals surface area contributed by atoms with Crippen LogP contribution in [0.2, 0.25) is 0 Å². The summed E-state index contributed by atoms with van der Waals surface area (Å²) in [4.78, 5) is 17.8. The molecule has 4 rings (SSSR count). The summed E-state index contributed by atoms with van der Waals surface area (Å²) in [7, 11) is 0. The van der Waals surface area contributed by atoms with E-state index in [1.54, 1.807) is 0 Å². The van der Waals surface area contributed by atoms with Crippen LogP contribution in [-0.2, 0) is 4.79 Å². The number of anilines is 2. The van der Waals surface area contributed by atoms with Gasteiger partial charge in [0.05, 0.1) is 12.0 Å². The lowest BCUT2D eigenvalue weighted by Crippen LogP contribution is -2.37. The van der Waals surface area contributed by atoms with E-state index < -0.39 is 5.97 Å². The Morgan fingerprint density at radius 1 is 1.19 bits per heavy atom. The molecule has 2 aliphatic heterocycles. The highest BCUT2D eigenvalue weighted by Gasteiger charge is 2.37. The van der Waals surface area contributed by atoms with Gasteiger partial charge in [-0.25, -0.2) is 4.68 Å². The van der Waals surface area contributed by atoms with Gasteiger partial charge in [0.1, 0.15) is 0 Å². The van der Waals surface area contributed by atoms with Crippen molar-refractivity contribution in [1.82, 2.24) is 14.8 Å². The number of carboxylic acid groups (broad SMARTS) is 1. The smallest absolute Gasteiger partial charge is 0.306 e. The second-order valence-electron chi connectivity index (χ2n) is 6.40. The van der Waals surface area contributed by atoms with Crippen LogP contribution in [0.5, 0.6) is 0 Å². The molecule has 2 N–H and O–H groups in total. The summed E-state index contributed by atoms with van der Waals surface area (Å²) in [6, 6.07) is 0.499. The van der Waals surface area contributed by atoms with E-state index in [2.05, 4.69) is 19.9 Å². The number of nitrogens with zero attached hydrogens (tertiary/aromatic N) is 4. The van der Waals surface area contributed by atoms with Crippen LogP contribution in [0.15, 0.2) is 0 Å². The molecule has 7 heteroatoms. The summed E-state index contributed by atoms with van der Waals surface area (Å²) in [6.45, 7) is 2.43. The Morgan fingerprint density at radius 2 is 1.95 bits per heavy atom. The Bertz CT molecular complexity index is 546. The van der Waals surface area contributed by atoms with Crippen molar-refractivity contribution in [3.8, 4) is 0 Å². The van der Waals surface area contributed by atoms with Crippen molar-refractivity contribution in [2.45, 2.75) is 38.1 Å². The van der Waals surface area contributed by atoms with Gasteiger partial charge in [0.15, 0.2) is 0 Å². The third kappa shape index (κ3) is 2.34. The van der Waals surface area contributed by atoms with Gasteiger partial charge in [0, 0.05) is 19.6 Å². The zero-order chi connectivity index (χ0) is 14.4. The molecule has 1 unspecified atom stereocenters. The first-order valence-corrected chi connectivity index (χ1v) is 7.90. The number of carboxylic acids is 1. The number of hydrogen-bond acceptors (Lipinski definition) is 5. The number of nitrogens with one attached hydrogen (secondary N) is 1. The van der Waals surface area contributed by atoms with Gasteiger partial charge in [-0.15, -0.1) is 5.10 Å². The number of carbonyl (C=O) groups is 1. The third-order valence-corrected chi connectivity index (χ3v) is 4.95. The van der Waals surface area contributed by atoms with E-state index in [0.29, 0.717) is 18.9 Å². The molecular formula is C14H21N5O2. The maximum atomic E-state index is 11.0. The minimum Gasteiger partial charge on any atom is -0.481 e. The third-order valence-electron chi connectivity index (χ3n) is 4.95. The van der Waals surface area contributed by atoms with Gasteiger partial charge >= 0.3 is 5.97 Å². The molecule has 0 bridgehead atoms. The first kappa shape index (κ1) is 12.9. The van der Waals surface area contributed by atoms with Crippen molar-refractivity contribution in [2.24, 2.45) is 11.8 Å². The predicted octanol–water partition coefficient (Wildman–Crippen LogP) is 1.35. The van der Waals surface area contributed by atoms with Crippen LogP contribution in [0, 0.1) is 11.8 Å². The van der Waals surface area contributed by atoms with Gasteiger partial charge < -0.3 is 15.3 Å². The molecule has 3 aliphatic rings. The zero-order valence-corrected chi connectivity index (χ0v) is 12.0. The summed E-state index contributed by atoms with van der Waals surface area (Å²) in [5.74, 6) is 1.53. The van der Waals surface area contributed by atoms with Crippen LogP contribution in [0.25, 0.3) is 0 Å². The molecule has 0 aromatic carbocycles. The predicted molar refractivity (Wildman–Crippen MR) is 77.5 cm³/mol. The molecule has 1 aromatic heterocycles. The summed E-state index contributed by atoms with van der Waals surface area (Å²) in [5, 5.41) is 17.1. The van der Waals surface area contributed by atoms with Gasteiger partial charge in [0.2, 0.25) is 11.9 Å². The molecular weight excluding hydrogens is 270 g/mol. The summed E-state index contributed by atoms with van der Waals surface area (Å²) >= 11 is 0. The van der Waals surface area contributed by atoms with E-state index in [0.717, 1.165) is 43.9 Å². The van der Waals surface area contributed by atoms with E-state index in [1.807, 2.05) is 0 Å². The lowest BCUT2D eigenvalue weighted by molar-refractivity contribution is -0.142. The van der Waals surface area contributed by atoms with Crippen LogP contribution < -0.4 is 10.2 Å². The highest BCUT2D eigenvalue weighted by molar-refractivity contribution is 5.70. The maximum Gasteiger partial charge on any atom is 0.306 e. The van der Waals surface area contributed by atoms with Gasteiger partial charge in [-0.2, -0.15) is 4.98 Å². The fourth-order valence-electron chi connectivity index (χ4n) is 3.49. The van der Waals surface area contributed by atoms with E-state index in [-0.39, 0.29) is 5.92 Å². The van der Waals surface area contributed by atoms with E-state index >= 15 is 0 Å². The Labute approximate surface area is 123 Å². The van der Waals surface area contributed by atoms with E-state index in [9.17, 15) is 4.79 Å². The van der Waals surface area contributed by atoms with Gasteiger partial charge in [-0.1, -0.05) is 0 Å². The van der Waals surface area contributed by atoms with Crippen LogP contribution >= 0.6 is 0 Å². The average Bonchev–Trinajstić information content (AvgIpc) is 3.25. The Hall–Kier alpha value is -1.79. The standard InChI is InChI=1S/C14H21N5O2/c20-12(21)10-4-7-18(8-5-10)14-16-13-15-6-3-11(9-1-2-9)19(13)17-14/h9-11H,1-8H2,(H,20,21)(H,15,16,17). The number of fused-ring (bicyclic) bond motifs is 1. The van der Waals surface area contributed by atoms with E-state index in [4.69, 9.17) is 10.2 Å². The molecule has 7 nitrogen and oxygen atoms in total. The van der Waals surface area contributed by atoms with Crippen molar-refractivity contribution in [1.29, 1.82) is 0 Å². The highest BCUT2D eigenvalue weighted by atomic mass is 16.4. The molecule has 1 atom stereocenters. The highest BCUT2D eigenvalue weighted by Crippen LogP contribution is 2.43. The van der Waals surface area contributed by atoms with Crippen molar-refractivity contribution in [3.63, 3.8) is 0 Å².